The first kappa shape index (κ1) is 12.9. The fraction of sp³-hybridized carbons (Fsp3) is 0.462. The maximum absolute atomic E-state index is 3.99. The van der Waals surface area contributed by atoms with Gasteiger partial charge in [0.15, 0.2) is 0 Å². The number of aliphatic imine (C=N–C) groups is 1. The number of allylic oxidation sites excluding steroid dienone is 5. The summed E-state index contributed by atoms with van der Waals surface area (Å²) >= 11 is 0. The van der Waals surface area contributed by atoms with Crippen LogP contribution in [-0.2, 0) is 0 Å². The van der Waals surface area contributed by atoms with Crippen molar-refractivity contribution >= 4 is 6.72 Å². The van der Waals surface area contributed by atoms with Crippen LogP contribution in [0.5, 0.6) is 0 Å². The van der Waals surface area contributed by atoms with Crippen molar-refractivity contribution in [1.82, 2.24) is 0 Å². The molecule has 0 aromatic heterocycles. The van der Waals surface area contributed by atoms with E-state index in [4.69, 9.17) is 0 Å². The molecule has 0 atom stereocenters. The zero-order valence-electron chi connectivity index (χ0n) is 10.0. The Kier molecular flexibility index (Phi) is 5.14. The van der Waals surface area contributed by atoms with Crippen molar-refractivity contribution in [2.75, 3.05) is 0 Å². The molecule has 14 heavy (non-hydrogen) atoms. The number of nitrogens with zero attached hydrogens (tertiary/aromatic N) is 1. The lowest BCUT2D eigenvalue weighted by atomic mass is 9.90. The molecular formula is C13H21N. The summed E-state index contributed by atoms with van der Waals surface area (Å²) in [5, 5.41) is 0. The highest BCUT2D eigenvalue weighted by Crippen LogP contribution is 2.27. The zero-order valence-corrected chi connectivity index (χ0v) is 10.0. The highest BCUT2D eigenvalue weighted by Gasteiger charge is 2.11. The Hall–Kier alpha value is -1.11. The van der Waals surface area contributed by atoms with Crippen molar-refractivity contribution in [3.63, 3.8) is 0 Å². The van der Waals surface area contributed by atoms with Crippen LogP contribution in [0, 0.1) is 5.92 Å². The first-order chi connectivity index (χ1) is 6.45. The topological polar surface area (TPSA) is 12.4 Å². The second kappa shape index (κ2) is 5.58. The molecule has 0 radical (unpaired) electrons. The van der Waals surface area contributed by atoms with Crippen LogP contribution >= 0.6 is 0 Å². The standard InChI is InChI=1S/C13H21N/c1-8-12(9(2)3)13(10(4)5)11(6)14-7/h8-9H,4,7H2,1-3,5-6H3/b12-8-,13-11+. The second-order valence-corrected chi connectivity index (χ2v) is 3.80. The second-order valence-electron chi connectivity index (χ2n) is 3.80. The van der Waals surface area contributed by atoms with Gasteiger partial charge in [0.1, 0.15) is 0 Å². The summed E-state index contributed by atoms with van der Waals surface area (Å²) in [4.78, 5) is 3.99. The smallest absolute Gasteiger partial charge is 0.0442 e. The number of hydrogen-bond acceptors (Lipinski definition) is 1. The van der Waals surface area contributed by atoms with Crippen molar-refractivity contribution < 1.29 is 0 Å². The monoisotopic (exact) mass is 191 g/mol. The molecule has 1 heteroatoms. The van der Waals surface area contributed by atoms with Gasteiger partial charge >= 0.3 is 0 Å². The third kappa shape index (κ3) is 2.99. The van der Waals surface area contributed by atoms with Crippen molar-refractivity contribution in [1.29, 1.82) is 0 Å². The Morgan fingerprint density at radius 2 is 1.79 bits per heavy atom. The van der Waals surface area contributed by atoms with Gasteiger partial charge in [-0.3, -0.25) is 4.99 Å². The van der Waals surface area contributed by atoms with Crippen LogP contribution < -0.4 is 0 Å². The predicted molar refractivity (Wildman–Crippen MR) is 65.7 cm³/mol. The molecular weight excluding hydrogens is 170 g/mol. The van der Waals surface area contributed by atoms with Crippen LogP contribution in [0.25, 0.3) is 0 Å². The molecule has 78 valence electrons. The summed E-state index contributed by atoms with van der Waals surface area (Å²) in [5.74, 6) is 0.489. The van der Waals surface area contributed by atoms with E-state index in [1.54, 1.807) is 0 Å². The summed E-state index contributed by atoms with van der Waals surface area (Å²) in [6.45, 7) is 17.9. The summed E-state index contributed by atoms with van der Waals surface area (Å²) < 4.78 is 0. The van der Waals surface area contributed by atoms with Gasteiger partial charge < -0.3 is 0 Å². The largest absolute Gasteiger partial charge is 0.269 e. The molecule has 1 nitrogen and oxygen atoms in total. The molecule has 0 N–H and O–H groups in total. The van der Waals surface area contributed by atoms with E-state index in [9.17, 15) is 0 Å². The van der Waals surface area contributed by atoms with E-state index < -0.39 is 0 Å². The number of hydrogen-bond donors (Lipinski definition) is 0. The van der Waals surface area contributed by atoms with Gasteiger partial charge in [-0.05, 0) is 44.6 Å². The maximum atomic E-state index is 3.99. The van der Waals surface area contributed by atoms with Gasteiger partial charge in [-0.2, -0.15) is 0 Å². The molecule has 0 heterocycles. The van der Waals surface area contributed by atoms with Crippen LogP contribution in [0.1, 0.15) is 34.6 Å². The van der Waals surface area contributed by atoms with Gasteiger partial charge in [0.25, 0.3) is 0 Å². The van der Waals surface area contributed by atoms with Crippen LogP contribution in [-0.4, -0.2) is 6.72 Å². The lowest BCUT2D eigenvalue weighted by Crippen LogP contribution is -2.01. The highest BCUT2D eigenvalue weighted by molar-refractivity contribution is 5.49. The summed E-state index contributed by atoms with van der Waals surface area (Å²) in [6, 6.07) is 0. The molecule has 0 aliphatic heterocycles. The molecule has 0 saturated heterocycles. The molecule has 0 spiro atoms. The van der Waals surface area contributed by atoms with Gasteiger partial charge in [0, 0.05) is 11.3 Å². The third-order valence-corrected chi connectivity index (χ3v) is 2.25. The molecule has 0 bridgehead atoms. The first-order valence-electron chi connectivity index (χ1n) is 4.95. The number of rotatable bonds is 4. The minimum Gasteiger partial charge on any atom is -0.269 e. The van der Waals surface area contributed by atoms with Gasteiger partial charge in [0.05, 0.1) is 0 Å². The third-order valence-electron chi connectivity index (χ3n) is 2.25. The van der Waals surface area contributed by atoms with Gasteiger partial charge in [-0.1, -0.05) is 26.5 Å². The lowest BCUT2D eigenvalue weighted by molar-refractivity contribution is 0.774. The van der Waals surface area contributed by atoms with Crippen molar-refractivity contribution in [2.24, 2.45) is 10.9 Å². The normalized spacial score (nSPS) is 14.0. The first-order valence-corrected chi connectivity index (χ1v) is 4.95. The molecule has 0 aromatic rings. The fourth-order valence-corrected chi connectivity index (χ4v) is 1.61. The van der Waals surface area contributed by atoms with Crippen LogP contribution in [0.15, 0.2) is 40.1 Å². The minimum atomic E-state index is 0.489. The molecule has 0 unspecified atom stereocenters. The van der Waals surface area contributed by atoms with Crippen LogP contribution in [0.3, 0.4) is 0 Å². The fourth-order valence-electron chi connectivity index (χ4n) is 1.61. The van der Waals surface area contributed by atoms with E-state index >= 15 is 0 Å². The van der Waals surface area contributed by atoms with E-state index in [-0.39, 0.29) is 0 Å². The van der Waals surface area contributed by atoms with E-state index in [0.717, 1.165) is 16.8 Å². The minimum absolute atomic E-state index is 0.489. The zero-order chi connectivity index (χ0) is 11.3. The molecule has 0 fully saturated rings. The van der Waals surface area contributed by atoms with E-state index in [1.165, 1.54) is 5.57 Å². The van der Waals surface area contributed by atoms with Crippen LogP contribution in [0.2, 0.25) is 0 Å². The molecule has 0 aromatic carbocycles. The maximum Gasteiger partial charge on any atom is 0.0442 e. The van der Waals surface area contributed by atoms with Crippen molar-refractivity contribution in [3.8, 4) is 0 Å². The van der Waals surface area contributed by atoms with Gasteiger partial charge in [-0.15, -0.1) is 0 Å². The SMILES string of the molecule is C=N/C(C)=C(C(=C)C)/C(=C\C)C(C)C. The Morgan fingerprint density at radius 3 is 2.00 bits per heavy atom. The predicted octanol–water partition coefficient (Wildman–Crippen LogP) is 4.14. The van der Waals surface area contributed by atoms with Gasteiger partial charge in [-0.25, -0.2) is 0 Å². The Morgan fingerprint density at radius 1 is 1.29 bits per heavy atom. The van der Waals surface area contributed by atoms with Gasteiger partial charge in [0.2, 0.25) is 0 Å². The summed E-state index contributed by atoms with van der Waals surface area (Å²) in [7, 11) is 0. The summed E-state index contributed by atoms with van der Waals surface area (Å²) in [5.41, 5.74) is 4.45. The average molecular weight is 191 g/mol. The lowest BCUT2D eigenvalue weighted by Gasteiger charge is -2.17. The molecule has 0 amide bonds. The molecule has 0 aliphatic rings. The van der Waals surface area contributed by atoms with Crippen molar-refractivity contribution in [3.05, 3.63) is 35.1 Å². The Labute approximate surface area is 87.9 Å². The van der Waals surface area contributed by atoms with Crippen LogP contribution in [0.4, 0.5) is 0 Å². The van der Waals surface area contributed by atoms with E-state index in [0.29, 0.717) is 5.92 Å². The van der Waals surface area contributed by atoms with E-state index in [1.807, 2.05) is 13.8 Å². The summed E-state index contributed by atoms with van der Waals surface area (Å²) in [6.07, 6.45) is 2.13. The molecule has 0 aliphatic carbocycles. The van der Waals surface area contributed by atoms with E-state index in [2.05, 4.69) is 45.1 Å². The molecule has 0 rings (SSSR count). The Bertz CT molecular complexity index is 290. The molecule has 0 saturated carbocycles. The quantitative estimate of drug-likeness (QED) is 0.468. The van der Waals surface area contributed by atoms with Crippen molar-refractivity contribution in [2.45, 2.75) is 34.6 Å². The highest BCUT2D eigenvalue weighted by atomic mass is 14.7. The Balaban J connectivity index is 5.44. The average Bonchev–Trinajstić information content (AvgIpc) is 2.11.